The van der Waals surface area contributed by atoms with E-state index < -0.39 is 0 Å². The molecule has 0 aromatic carbocycles. The summed E-state index contributed by atoms with van der Waals surface area (Å²) in [4.78, 5) is 11.2. The van der Waals surface area contributed by atoms with Crippen molar-refractivity contribution >= 4 is 5.91 Å². The number of nitrogens with zero attached hydrogens (tertiary/aromatic N) is 2. The molecule has 1 heterocycles. The van der Waals surface area contributed by atoms with E-state index in [0.717, 1.165) is 26.1 Å². The van der Waals surface area contributed by atoms with E-state index in [1.807, 2.05) is 5.01 Å². The minimum atomic E-state index is 0.179. The summed E-state index contributed by atoms with van der Waals surface area (Å²) in [6.45, 7) is 6.73. The second kappa shape index (κ2) is 4.45. The van der Waals surface area contributed by atoms with Crippen LogP contribution in [0, 0.1) is 0 Å². The highest BCUT2D eigenvalue weighted by atomic mass is 16.2. The first-order valence-corrected chi connectivity index (χ1v) is 4.78. The number of rotatable bonds is 3. The Hall–Kier alpha value is -0.570. The summed E-state index contributed by atoms with van der Waals surface area (Å²) < 4.78 is 0. The molecule has 0 unspecified atom stereocenters. The van der Waals surface area contributed by atoms with Crippen LogP contribution in [0.25, 0.3) is 0 Å². The van der Waals surface area contributed by atoms with Crippen LogP contribution in [0.2, 0.25) is 0 Å². The van der Waals surface area contributed by atoms with Crippen molar-refractivity contribution in [3.8, 4) is 0 Å². The average molecular weight is 170 g/mol. The van der Waals surface area contributed by atoms with Gasteiger partial charge in [0.05, 0.1) is 0 Å². The summed E-state index contributed by atoms with van der Waals surface area (Å²) >= 11 is 0. The van der Waals surface area contributed by atoms with E-state index in [-0.39, 0.29) is 5.91 Å². The van der Waals surface area contributed by atoms with Crippen LogP contribution >= 0.6 is 0 Å². The van der Waals surface area contributed by atoms with E-state index in [1.165, 1.54) is 12.8 Å². The number of hydrazine groups is 1. The molecule has 1 rings (SSSR count). The van der Waals surface area contributed by atoms with Gasteiger partial charge in [-0.2, -0.15) is 0 Å². The Bertz CT molecular complexity index is 153. The Balaban J connectivity index is 2.45. The molecule has 0 aliphatic carbocycles. The third kappa shape index (κ3) is 2.21. The first-order chi connectivity index (χ1) is 5.75. The summed E-state index contributed by atoms with van der Waals surface area (Å²) in [5.74, 6) is 0.179. The molecule has 1 saturated heterocycles. The van der Waals surface area contributed by atoms with Gasteiger partial charge >= 0.3 is 0 Å². The molecule has 3 heteroatoms. The van der Waals surface area contributed by atoms with Gasteiger partial charge in [-0.05, 0) is 19.3 Å². The van der Waals surface area contributed by atoms with Gasteiger partial charge in [0, 0.05) is 26.6 Å². The van der Waals surface area contributed by atoms with Crippen molar-refractivity contribution < 1.29 is 4.79 Å². The van der Waals surface area contributed by atoms with Gasteiger partial charge in [-0.15, -0.1) is 0 Å². The van der Waals surface area contributed by atoms with Crippen molar-refractivity contribution in [2.45, 2.75) is 33.1 Å². The molecule has 1 aliphatic heterocycles. The fourth-order valence-corrected chi connectivity index (χ4v) is 1.65. The molecule has 1 amide bonds. The highest BCUT2D eigenvalue weighted by Gasteiger charge is 2.20. The molecule has 3 nitrogen and oxygen atoms in total. The molecule has 1 fully saturated rings. The highest BCUT2D eigenvalue weighted by molar-refractivity contribution is 5.72. The molecular weight excluding hydrogens is 152 g/mol. The van der Waals surface area contributed by atoms with Crippen LogP contribution in [0.3, 0.4) is 0 Å². The largest absolute Gasteiger partial charge is 0.276 e. The average Bonchev–Trinajstić information content (AvgIpc) is 2.51. The van der Waals surface area contributed by atoms with Gasteiger partial charge < -0.3 is 0 Å². The molecule has 0 bridgehead atoms. The van der Waals surface area contributed by atoms with Crippen LogP contribution in [0.4, 0.5) is 0 Å². The molecular formula is C9H18N2O. The Morgan fingerprint density at radius 2 is 2.00 bits per heavy atom. The van der Waals surface area contributed by atoms with Gasteiger partial charge in [-0.1, -0.05) is 6.92 Å². The van der Waals surface area contributed by atoms with Gasteiger partial charge in [0.2, 0.25) is 5.91 Å². The van der Waals surface area contributed by atoms with Crippen molar-refractivity contribution in [1.29, 1.82) is 0 Å². The van der Waals surface area contributed by atoms with E-state index >= 15 is 0 Å². The van der Waals surface area contributed by atoms with Gasteiger partial charge in [-0.25, -0.2) is 5.01 Å². The monoisotopic (exact) mass is 170 g/mol. The number of hydrogen-bond acceptors (Lipinski definition) is 2. The molecule has 1 aliphatic rings. The molecule has 0 aromatic heterocycles. The van der Waals surface area contributed by atoms with E-state index in [0.29, 0.717) is 0 Å². The normalized spacial score (nSPS) is 18.2. The Morgan fingerprint density at radius 1 is 1.42 bits per heavy atom. The summed E-state index contributed by atoms with van der Waals surface area (Å²) in [5.41, 5.74) is 0. The Kier molecular flexibility index (Phi) is 3.53. The maximum absolute atomic E-state index is 11.2. The van der Waals surface area contributed by atoms with Crippen LogP contribution in [0.5, 0.6) is 0 Å². The minimum Gasteiger partial charge on any atom is -0.276 e. The summed E-state index contributed by atoms with van der Waals surface area (Å²) in [6, 6.07) is 0. The first kappa shape index (κ1) is 9.52. The van der Waals surface area contributed by atoms with E-state index in [2.05, 4.69) is 11.9 Å². The number of amides is 1. The Labute approximate surface area is 74.3 Å². The standard InChI is InChI=1S/C9H18N2O/c1-3-6-11(9(2)12)10-7-4-5-8-10/h3-8H2,1-2H3. The van der Waals surface area contributed by atoms with E-state index in [4.69, 9.17) is 0 Å². The molecule has 0 spiro atoms. The van der Waals surface area contributed by atoms with Gasteiger partial charge in [0.15, 0.2) is 0 Å². The van der Waals surface area contributed by atoms with Crippen molar-refractivity contribution in [3.63, 3.8) is 0 Å². The first-order valence-electron chi connectivity index (χ1n) is 4.78. The molecule has 70 valence electrons. The second-order valence-electron chi connectivity index (χ2n) is 3.30. The lowest BCUT2D eigenvalue weighted by Crippen LogP contribution is -2.44. The maximum atomic E-state index is 11.2. The zero-order valence-electron chi connectivity index (χ0n) is 8.05. The lowest BCUT2D eigenvalue weighted by Gasteiger charge is -2.30. The van der Waals surface area contributed by atoms with Gasteiger partial charge in [0.1, 0.15) is 0 Å². The maximum Gasteiger partial charge on any atom is 0.233 e. The molecule has 0 atom stereocenters. The van der Waals surface area contributed by atoms with Crippen LogP contribution < -0.4 is 0 Å². The summed E-state index contributed by atoms with van der Waals surface area (Å²) in [5, 5.41) is 4.05. The third-order valence-corrected chi connectivity index (χ3v) is 2.22. The second-order valence-corrected chi connectivity index (χ2v) is 3.30. The number of carbonyl (C=O) groups excluding carboxylic acids is 1. The quantitative estimate of drug-likeness (QED) is 0.636. The Morgan fingerprint density at radius 3 is 2.42 bits per heavy atom. The van der Waals surface area contributed by atoms with Gasteiger partial charge in [-0.3, -0.25) is 9.80 Å². The molecule has 0 radical (unpaired) electrons. The molecule has 12 heavy (non-hydrogen) atoms. The summed E-state index contributed by atoms with van der Waals surface area (Å²) in [7, 11) is 0. The van der Waals surface area contributed by atoms with Crippen LogP contribution in [0.1, 0.15) is 33.1 Å². The van der Waals surface area contributed by atoms with Crippen molar-refractivity contribution in [2.24, 2.45) is 0 Å². The highest BCUT2D eigenvalue weighted by Crippen LogP contribution is 2.11. The van der Waals surface area contributed by atoms with Crippen molar-refractivity contribution in [3.05, 3.63) is 0 Å². The third-order valence-electron chi connectivity index (χ3n) is 2.22. The smallest absolute Gasteiger partial charge is 0.233 e. The fraction of sp³-hybridized carbons (Fsp3) is 0.889. The molecule has 0 N–H and O–H groups in total. The van der Waals surface area contributed by atoms with Crippen LogP contribution in [-0.4, -0.2) is 35.6 Å². The molecule has 0 saturated carbocycles. The lowest BCUT2D eigenvalue weighted by molar-refractivity contribution is -0.144. The topological polar surface area (TPSA) is 23.6 Å². The minimum absolute atomic E-state index is 0.179. The predicted molar refractivity (Wildman–Crippen MR) is 48.5 cm³/mol. The fourth-order valence-electron chi connectivity index (χ4n) is 1.65. The van der Waals surface area contributed by atoms with Crippen LogP contribution in [0.15, 0.2) is 0 Å². The van der Waals surface area contributed by atoms with Crippen molar-refractivity contribution in [1.82, 2.24) is 10.0 Å². The van der Waals surface area contributed by atoms with E-state index in [9.17, 15) is 4.79 Å². The lowest BCUT2D eigenvalue weighted by atomic mass is 10.4. The molecule has 0 aromatic rings. The predicted octanol–water partition coefficient (Wildman–Crippen LogP) is 1.26. The van der Waals surface area contributed by atoms with Gasteiger partial charge in [0.25, 0.3) is 0 Å². The summed E-state index contributed by atoms with van der Waals surface area (Å²) in [6.07, 6.45) is 3.50. The number of carbonyl (C=O) groups is 1. The zero-order valence-corrected chi connectivity index (χ0v) is 8.05. The van der Waals surface area contributed by atoms with Crippen LogP contribution in [-0.2, 0) is 4.79 Å². The SMILES string of the molecule is CCCN(C(C)=O)N1CCCC1. The van der Waals surface area contributed by atoms with Crippen molar-refractivity contribution in [2.75, 3.05) is 19.6 Å². The van der Waals surface area contributed by atoms with E-state index in [1.54, 1.807) is 6.92 Å². The number of hydrogen-bond donors (Lipinski definition) is 0. The zero-order chi connectivity index (χ0) is 8.97.